The van der Waals surface area contributed by atoms with Crippen LogP contribution in [0.15, 0.2) is 29.0 Å². The lowest BCUT2D eigenvalue weighted by Gasteiger charge is -2.33. The van der Waals surface area contributed by atoms with E-state index < -0.39 is 0 Å². The Hall–Kier alpha value is -2.65. The van der Waals surface area contributed by atoms with E-state index in [4.69, 9.17) is 13.9 Å². The van der Waals surface area contributed by atoms with Gasteiger partial charge in [0.15, 0.2) is 5.13 Å². The molecule has 29 heavy (non-hydrogen) atoms. The molecule has 5 rings (SSSR count). The minimum absolute atomic E-state index is 0.112. The topological polar surface area (TPSA) is 89.7 Å². The fourth-order valence-electron chi connectivity index (χ4n) is 4.19. The minimum atomic E-state index is -0.112. The number of thiazole rings is 1. The number of hydrogen-bond donors (Lipinski definition) is 1. The molecule has 0 radical (unpaired) electrons. The van der Waals surface area contributed by atoms with Gasteiger partial charge in [0.2, 0.25) is 5.88 Å². The van der Waals surface area contributed by atoms with Crippen LogP contribution in [-0.2, 0) is 4.74 Å². The third kappa shape index (κ3) is 3.34. The second kappa shape index (κ2) is 7.31. The van der Waals surface area contributed by atoms with Crippen LogP contribution >= 0.6 is 11.3 Å². The summed E-state index contributed by atoms with van der Waals surface area (Å²) < 4.78 is 17.2. The van der Waals surface area contributed by atoms with E-state index in [1.54, 1.807) is 19.6 Å². The van der Waals surface area contributed by atoms with Gasteiger partial charge < -0.3 is 18.8 Å². The molecular formula is C20H22N4O4S. The molecular weight excluding hydrogens is 392 g/mol. The number of anilines is 1. The molecule has 3 aromatic heterocycles. The maximum absolute atomic E-state index is 12.9. The van der Waals surface area contributed by atoms with Gasteiger partial charge in [0.1, 0.15) is 11.3 Å². The number of likely N-dealkylation sites (tertiary alicyclic amines) is 1. The van der Waals surface area contributed by atoms with Gasteiger partial charge in [-0.1, -0.05) is 11.3 Å². The number of methoxy groups -OCH3 is 1. The van der Waals surface area contributed by atoms with Crippen LogP contribution in [0, 0.1) is 5.41 Å². The number of nitrogens with zero attached hydrogens (tertiary/aromatic N) is 3. The van der Waals surface area contributed by atoms with Gasteiger partial charge in [0.25, 0.3) is 0 Å². The van der Waals surface area contributed by atoms with Crippen LogP contribution in [0.4, 0.5) is 9.93 Å². The zero-order chi connectivity index (χ0) is 19.8. The van der Waals surface area contributed by atoms with E-state index in [9.17, 15) is 4.79 Å². The molecule has 0 atom stereocenters. The number of furan rings is 1. The van der Waals surface area contributed by atoms with Crippen LogP contribution < -0.4 is 10.1 Å². The van der Waals surface area contributed by atoms with Gasteiger partial charge in [0, 0.05) is 32.5 Å². The van der Waals surface area contributed by atoms with Gasteiger partial charge in [-0.25, -0.2) is 14.8 Å². The van der Waals surface area contributed by atoms with Gasteiger partial charge in [-0.05, 0) is 36.8 Å². The number of carbonyl (C=O) groups is 1. The second-order valence-electron chi connectivity index (χ2n) is 7.57. The van der Waals surface area contributed by atoms with Crippen molar-refractivity contribution in [3.63, 3.8) is 0 Å². The average molecular weight is 414 g/mol. The second-order valence-corrected chi connectivity index (χ2v) is 8.57. The highest BCUT2D eigenvalue weighted by Crippen LogP contribution is 2.41. The molecule has 0 bridgehead atoms. The van der Waals surface area contributed by atoms with Crippen molar-refractivity contribution in [1.82, 2.24) is 14.9 Å². The molecule has 0 aromatic carbocycles. The van der Waals surface area contributed by atoms with Gasteiger partial charge in [-0.3, -0.25) is 5.32 Å². The fraction of sp³-hybridized carbons (Fsp3) is 0.450. The van der Waals surface area contributed by atoms with Crippen LogP contribution in [0.2, 0.25) is 0 Å². The molecule has 2 aliphatic rings. The fourth-order valence-corrected chi connectivity index (χ4v) is 5.15. The molecule has 2 aliphatic heterocycles. The SMILES string of the molecule is COc1ncc(-c2ccco2)c2sc(NC(=O)N3CCC4(CCOCC4)C3)nc12. The zero-order valence-corrected chi connectivity index (χ0v) is 17.0. The van der Waals surface area contributed by atoms with Crippen molar-refractivity contribution in [2.24, 2.45) is 5.41 Å². The molecule has 2 saturated heterocycles. The molecule has 3 aromatic rings. The number of pyridine rings is 1. The lowest BCUT2D eigenvalue weighted by atomic mass is 9.80. The molecule has 0 aliphatic carbocycles. The number of ether oxygens (including phenoxy) is 2. The lowest BCUT2D eigenvalue weighted by Crippen LogP contribution is -2.37. The van der Waals surface area contributed by atoms with Gasteiger partial charge in [-0.15, -0.1) is 0 Å². The van der Waals surface area contributed by atoms with Gasteiger partial charge in [0.05, 0.1) is 23.6 Å². The third-order valence-corrected chi connectivity index (χ3v) is 6.86. The Morgan fingerprint density at radius 3 is 2.97 bits per heavy atom. The molecule has 1 spiro atoms. The first-order chi connectivity index (χ1) is 14.2. The Labute approximate surface area is 171 Å². The average Bonchev–Trinajstić information content (AvgIpc) is 3.48. The molecule has 0 saturated carbocycles. The summed E-state index contributed by atoms with van der Waals surface area (Å²) in [7, 11) is 1.56. The lowest BCUT2D eigenvalue weighted by molar-refractivity contribution is 0.0211. The Balaban J connectivity index is 1.39. The molecule has 9 heteroatoms. The number of aromatic nitrogens is 2. The summed E-state index contributed by atoms with van der Waals surface area (Å²) in [6, 6.07) is 3.59. The summed E-state index contributed by atoms with van der Waals surface area (Å²) >= 11 is 1.40. The highest BCUT2D eigenvalue weighted by Gasteiger charge is 2.41. The first-order valence-corrected chi connectivity index (χ1v) is 10.5. The van der Waals surface area contributed by atoms with Crippen molar-refractivity contribution in [3.05, 3.63) is 24.6 Å². The van der Waals surface area contributed by atoms with E-state index in [1.165, 1.54) is 11.3 Å². The predicted octanol–water partition coefficient (Wildman–Crippen LogP) is 3.99. The van der Waals surface area contributed by atoms with Gasteiger partial charge >= 0.3 is 6.03 Å². The Morgan fingerprint density at radius 1 is 1.34 bits per heavy atom. The summed E-state index contributed by atoms with van der Waals surface area (Å²) in [6.45, 7) is 3.11. The highest BCUT2D eigenvalue weighted by atomic mass is 32.1. The first kappa shape index (κ1) is 18.4. The normalized spacial score (nSPS) is 18.4. The summed E-state index contributed by atoms with van der Waals surface area (Å²) in [5, 5.41) is 3.49. The van der Waals surface area contributed by atoms with Crippen LogP contribution in [0.25, 0.3) is 21.5 Å². The number of urea groups is 1. The number of hydrogen-bond acceptors (Lipinski definition) is 7. The molecule has 2 amide bonds. The Kier molecular flexibility index (Phi) is 4.63. The Morgan fingerprint density at radius 2 is 2.21 bits per heavy atom. The van der Waals surface area contributed by atoms with E-state index in [2.05, 4.69) is 15.3 Å². The highest BCUT2D eigenvalue weighted by molar-refractivity contribution is 7.23. The molecule has 1 N–H and O–H groups in total. The summed E-state index contributed by atoms with van der Waals surface area (Å²) in [6.07, 6.45) is 6.40. The quantitative estimate of drug-likeness (QED) is 0.697. The van der Waals surface area contributed by atoms with Crippen molar-refractivity contribution in [1.29, 1.82) is 0 Å². The largest absolute Gasteiger partial charge is 0.479 e. The van der Waals surface area contributed by atoms with Crippen molar-refractivity contribution in [2.45, 2.75) is 19.3 Å². The molecule has 0 unspecified atom stereocenters. The number of nitrogens with one attached hydrogen (secondary N) is 1. The van der Waals surface area contributed by atoms with Gasteiger partial charge in [-0.2, -0.15) is 0 Å². The van der Waals surface area contributed by atoms with E-state index in [-0.39, 0.29) is 11.4 Å². The van der Waals surface area contributed by atoms with E-state index in [1.807, 2.05) is 17.0 Å². The standard InChI is InChI=1S/C20H22N4O4S/c1-26-17-15-16(13(11-21-17)14-3-2-8-28-14)29-18(22-15)23-19(25)24-7-4-20(12-24)5-9-27-10-6-20/h2-3,8,11H,4-7,9-10,12H2,1H3,(H,22,23,25). The minimum Gasteiger partial charge on any atom is -0.479 e. The smallest absolute Gasteiger partial charge is 0.323 e. The summed E-state index contributed by atoms with van der Waals surface area (Å²) in [4.78, 5) is 23.7. The van der Waals surface area contributed by atoms with Crippen LogP contribution in [0.3, 0.4) is 0 Å². The van der Waals surface area contributed by atoms with Crippen LogP contribution in [0.1, 0.15) is 19.3 Å². The maximum Gasteiger partial charge on any atom is 0.323 e. The summed E-state index contributed by atoms with van der Waals surface area (Å²) in [5.41, 5.74) is 1.65. The molecule has 2 fully saturated rings. The molecule has 152 valence electrons. The molecule has 8 nitrogen and oxygen atoms in total. The van der Waals surface area contributed by atoms with E-state index in [0.29, 0.717) is 22.3 Å². The van der Waals surface area contributed by atoms with Crippen molar-refractivity contribution in [2.75, 3.05) is 38.7 Å². The monoisotopic (exact) mass is 414 g/mol. The zero-order valence-electron chi connectivity index (χ0n) is 16.1. The number of amides is 2. The van der Waals surface area contributed by atoms with E-state index >= 15 is 0 Å². The number of fused-ring (bicyclic) bond motifs is 1. The van der Waals surface area contributed by atoms with E-state index in [0.717, 1.165) is 55.8 Å². The Bertz CT molecular complexity index is 1030. The maximum atomic E-state index is 12.9. The predicted molar refractivity (Wildman–Crippen MR) is 109 cm³/mol. The van der Waals surface area contributed by atoms with Crippen molar-refractivity contribution >= 4 is 32.7 Å². The third-order valence-electron chi connectivity index (χ3n) is 5.86. The summed E-state index contributed by atoms with van der Waals surface area (Å²) in [5.74, 6) is 1.13. The number of carbonyl (C=O) groups excluding carboxylic acids is 1. The number of rotatable bonds is 3. The first-order valence-electron chi connectivity index (χ1n) is 9.69. The van der Waals surface area contributed by atoms with Crippen molar-refractivity contribution in [3.8, 4) is 17.2 Å². The van der Waals surface area contributed by atoms with Crippen LogP contribution in [-0.4, -0.2) is 54.3 Å². The van der Waals surface area contributed by atoms with Crippen molar-refractivity contribution < 1.29 is 18.7 Å². The molecule has 5 heterocycles. The van der Waals surface area contributed by atoms with Crippen LogP contribution in [0.5, 0.6) is 5.88 Å².